The number of hydrogen-bond donors (Lipinski definition) is 1. The summed E-state index contributed by atoms with van der Waals surface area (Å²) >= 11 is 0. The molecule has 2 fully saturated rings. The number of likely N-dealkylation sites (N-methyl/N-ethyl adjacent to an activating group) is 1. The van der Waals surface area contributed by atoms with Gasteiger partial charge in [0, 0.05) is 82.0 Å². The van der Waals surface area contributed by atoms with Gasteiger partial charge in [-0.1, -0.05) is 13.8 Å². The number of aryl methyl sites for hydroxylation is 3. The van der Waals surface area contributed by atoms with E-state index in [4.69, 9.17) is 14.2 Å². The topological polar surface area (TPSA) is 95.2 Å². The smallest absolute Gasteiger partial charge is 0.105 e. The zero-order valence-corrected chi connectivity index (χ0v) is 27.9. The molecule has 5 rings (SSSR count). The van der Waals surface area contributed by atoms with Crippen LogP contribution in [0.2, 0.25) is 0 Å². The first-order valence-electron chi connectivity index (χ1n) is 15.2. The molecule has 2 aliphatic carbocycles. The number of hydrogen-bond acceptors (Lipinski definition) is 7. The fourth-order valence-corrected chi connectivity index (χ4v) is 5.03. The summed E-state index contributed by atoms with van der Waals surface area (Å²) in [4.78, 5) is 17.8. The van der Waals surface area contributed by atoms with Crippen molar-refractivity contribution >= 4 is 0 Å². The van der Waals surface area contributed by atoms with Gasteiger partial charge in [-0.05, 0) is 60.5 Å². The van der Waals surface area contributed by atoms with Gasteiger partial charge in [0.25, 0.3) is 0 Å². The van der Waals surface area contributed by atoms with Crippen molar-refractivity contribution in [3.8, 4) is 0 Å². The number of nitrogens with one attached hydrogen (secondary N) is 1. The Hall–Kier alpha value is -2.53. The van der Waals surface area contributed by atoms with Crippen molar-refractivity contribution in [1.82, 2.24) is 34.0 Å². The fraction of sp³-hybridized carbons (Fsp3) is 0.719. The first-order valence-corrected chi connectivity index (χ1v) is 15.2. The molecule has 10 heteroatoms. The van der Waals surface area contributed by atoms with Gasteiger partial charge in [-0.3, -0.25) is 0 Å². The lowest BCUT2D eigenvalue weighted by molar-refractivity contribution is 0.119. The van der Waals surface area contributed by atoms with E-state index in [-0.39, 0.29) is 0 Å². The Morgan fingerprint density at radius 2 is 1.52 bits per heavy atom. The molecule has 1 N–H and O–H groups in total. The van der Waals surface area contributed by atoms with Gasteiger partial charge in [0.1, 0.15) is 5.82 Å². The van der Waals surface area contributed by atoms with E-state index in [1.807, 2.05) is 40.2 Å². The third kappa shape index (κ3) is 12.0. The lowest BCUT2D eigenvalue weighted by Crippen LogP contribution is -2.34. The number of rotatable bonds is 13. The average molecular weight is 588 g/mol. The molecule has 0 bridgehead atoms. The van der Waals surface area contributed by atoms with Crippen molar-refractivity contribution in [2.75, 3.05) is 55.2 Å². The van der Waals surface area contributed by atoms with Crippen LogP contribution in [0, 0.1) is 31.6 Å². The van der Waals surface area contributed by atoms with Gasteiger partial charge in [-0.25, -0.2) is 15.0 Å². The van der Waals surface area contributed by atoms with Gasteiger partial charge in [-0.2, -0.15) is 0 Å². The Labute approximate surface area is 254 Å². The van der Waals surface area contributed by atoms with Crippen molar-refractivity contribution < 1.29 is 14.2 Å². The number of aromatic nitrogens is 6. The maximum absolute atomic E-state index is 5.25. The molecule has 0 amide bonds. The van der Waals surface area contributed by atoms with E-state index in [0.29, 0.717) is 16.9 Å². The van der Waals surface area contributed by atoms with E-state index in [9.17, 15) is 0 Å². The maximum atomic E-state index is 5.25. The summed E-state index contributed by atoms with van der Waals surface area (Å²) in [6.45, 7) is 14.7. The minimum absolute atomic E-state index is 0.408. The summed E-state index contributed by atoms with van der Waals surface area (Å²) in [6.07, 6.45) is 15.8. The zero-order chi connectivity index (χ0) is 31.2. The van der Waals surface area contributed by atoms with Crippen LogP contribution in [-0.4, -0.2) is 95.3 Å². The summed E-state index contributed by atoms with van der Waals surface area (Å²) in [5.41, 5.74) is 4.17. The highest BCUT2D eigenvalue weighted by Gasteiger charge is 2.43. The molecule has 238 valence electrons. The molecule has 0 saturated heterocycles. The third-order valence-electron chi connectivity index (χ3n) is 7.80. The number of imidazole rings is 3. The van der Waals surface area contributed by atoms with Crippen LogP contribution < -0.4 is 0 Å². The van der Waals surface area contributed by atoms with E-state index in [1.165, 1.54) is 25.7 Å². The van der Waals surface area contributed by atoms with Crippen molar-refractivity contribution in [2.45, 2.75) is 85.9 Å². The number of aromatic amines is 1. The second-order valence-electron chi connectivity index (χ2n) is 12.0. The van der Waals surface area contributed by atoms with Gasteiger partial charge in [0.2, 0.25) is 0 Å². The highest BCUT2D eigenvalue weighted by Crippen LogP contribution is 2.48. The first-order chi connectivity index (χ1) is 20.1. The second-order valence-corrected chi connectivity index (χ2v) is 12.0. The molecule has 2 saturated carbocycles. The van der Waals surface area contributed by atoms with Crippen LogP contribution in [0.4, 0.5) is 0 Å². The van der Waals surface area contributed by atoms with Gasteiger partial charge in [0.05, 0.1) is 43.9 Å². The summed E-state index contributed by atoms with van der Waals surface area (Å²) in [5.74, 6) is 1.12. The van der Waals surface area contributed by atoms with Gasteiger partial charge >= 0.3 is 0 Å². The van der Waals surface area contributed by atoms with Crippen LogP contribution in [0.5, 0.6) is 0 Å². The maximum Gasteiger partial charge on any atom is 0.105 e. The molecule has 0 aromatic carbocycles. The molecule has 1 atom stereocenters. The molecule has 3 heterocycles. The normalized spacial score (nSPS) is 16.4. The summed E-state index contributed by atoms with van der Waals surface area (Å²) < 4.78 is 20.0. The molecular formula is C32H57N7O3. The zero-order valence-electron chi connectivity index (χ0n) is 27.9. The van der Waals surface area contributed by atoms with Crippen molar-refractivity contribution in [2.24, 2.45) is 10.8 Å². The summed E-state index contributed by atoms with van der Waals surface area (Å²) in [6, 6.07) is 0.408. The molecule has 3 aromatic rings. The molecule has 10 nitrogen and oxygen atoms in total. The highest BCUT2D eigenvalue weighted by atomic mass is 16.5. The van der Waals surface area contributed by atoms with Crippen LogP contribution in [-0.2, 0) is 33.7 Å². The Morgan fingerprint density at radius 1 is 0.905 bits per heavy atom. The fourth-order valence-electron chi connectivity index (χ4n) is 5.03. The van der Waals surface area contributed by atoms with Crippen LogP contribution in [0.1, 0.15) is 62.4 Å². The predicted octanol–water partition coefficient (Wildman–Crippen LogP) is 5.10. The van der Waals surface area contributed by atoms with Crippen molar-refractivity contribution in [1.29, 1.82) is 0 Å². The number of nitrogens with zero attached hydrogens (tertiary/aromatic N) is 6. The molecule has 1 unspecified atom stereocenters. The van der Waals surface area contributed by atoms with E-state index < -0.39 is 0 Å². The van der Waals surface area contributed by atoms with Gasteiger partial charge in [-0.15, -0.1) is 0 Å². The van der Waals surface area contributed by atoms with Gasteiger partial charge in [0.15, 0.2) is 0 Å². The summed E-state index contributed by atoms with van der Waals surface area (Å²) in [7, 11) is 9.40. The predicted molar refractivity (Wildman–Crippen MR) is 169 cm³/mol. The Morgan fingerprint density at radius 3 is 1.93 bits per heavy atom. The number of ether oxygens (including phenoxy) is 3. The summed E-state index contributed by atoms with van der Waals surface area (Å²) in [5, 5.41) is 0. The third-order valence-corrected chi connectivity index (χ3v) is 7.80. The largest absolute Gasteiger partial charge is 0.384 e. The minimum atomic E-state index is 0.408. The van der Waals surface area contributed by atoms with Crippen molar-refractivity contribution in [3.63, 3.8) is 0 Å². The lowest BCUT2D eigenvalue weighted by atomic mass is 10.1. The van der Waals surface area contributed by atoms with Crippen molar-refractivity contribution in [3.05, 3.63) is 54.2 Å². The Bertz CT molecular complexity index is 1120. The Kier molecular flexibility index (Phi) is 14.9. The number of H-pyrrole nitrogens is 1. The van der Waals surface area contributed by atoms with Crippen LogP contribution >= 0.6 is 0 Å². The average Bonchev–Trinajstić information content (AvgIpc) is 3.70. The highest BCUT2D eigenvalue weighted by molar-refractivity contribution is 5.04. The first kappa shape index (κ1) is 35.7. The SMILES string of the molecule is CC.COCC(Cc1cnc[nH]1)N(C)C.COCC1(Cn2cc(C)nc2C)CC1.COCC1(Cn2cnc(C)c2)CC1. The molecule has 2 aliphatic rings. The molecule has 42 heavy (non-hydrogen) atoms. The van der Waals surface area contributed by atoms with Crippen LogP contribution in [0.25, 0.3) is 0 Å². The molecular weight excluding hydrogens is 530 g/mol. The van der Waals surface area contributed by atoms with Crippen LogP contribution in [0.15, 0.2) is 31.2 Å². The molecule has 0 spiro atoms. The standard InChI is InChI=1S/C11H18N2O.C10H16N2O.C9H17N3O.C2H6/c1-9-6-13(10(2)12-9)7-11(4-5-11)8-14-3;1-9-5-12(8-11-9)6-10(3-4-10)7-13-2;1-12(2)9(6-13-3)4-8-5-10-7-11-8;1-2/h6H,4-5,7-8H2,1-3H3;5,8H,3-4,6-7H2,1-2H3;5,7,9H,4,6H2,1-3H3,(H,10,11);1-2H3. The monoisotopic (exact) mass is 587 g/mol. The molecule has 0 radical (unpaired) electrons. The van der Waals surface area contributed by atoms with E-state index in [0.717, 1.165) is 62.2 Å². The second kappa shape index (κ2) is 17.6. The van der Waals surface area contributed by atoms with E-state index >= 15 is 0 Å². The van der Waals surface area contributed by atoms with E-state index in [1.54, 1.807) is 27.7 Å². The van der Waals surface area contributed by atoms with E-state index in [2.05, 4.69) is 67.4 Å². The quantitative estimate of drug-likeness (QED) is 0.297. The molecule has 3 aromatic heterocycles. The minimum Gasteiger partial charge on any atom is -0.384 e. The number of methoxy groups -OCH3 is 3. The van der Waals surface area contributed by atoms with Gasteiger partial charge < -0.3 is 33.2 Å². The molecule has 0 aliphatic heterocycles. The van der Waals surface area contributed by atoms with Crippen LogP contribution in [0.3, 0.4) is 0 Å². The Balaban J connectivity index is 0.000000214. The lowest BCUT2D eigenvalue weighted by Gasteiger charge is -2.22.